The molecular weight excluding hydrogens is 316 g/mol. The van der Waals surface area contributed by atoms with E-state index in [1.165, 1.54) is 0 Å². The van der Waals surface area contributed by atoms with E-state index in [1.54, 1.807) is 0 Å². The number of rotatable bonds is 5. The minimum atomic E-state index is -0.736. The number of nitro groups is 1. The van der Waals surface area contributed by atoms with Crippen molar-refractivity contribution < 1.29 is 9.72 Å². The molecule has 1 amide bonds. The van der Waals surface area contributed by atoms with Gasteiger partial charge in [0.2, 0.25) is 5.91 Å². The molecule has 0 fully saturated rings. The van der Waals surface area contributed by atoms with Gasteiger partial charge in [-0.2, -0.15) is 0 Å². The van der Waals surface area contributed by atoms with Gasteiger partial charge in [-0.3, -0.25) is 14.9 Å². The molecule has 0 saturated heterocycles. The lowest BCUT2D eigenvalue weighted by atomic mass is 10.1. The molecule has 0 spiro atoms. The molecule has 1 heterocycles. The predicted molar refractivity (Wildman–Crippen MR) is 82.8 cm³/mol. The first kappa shape index (κ1) is 17.0. The van der Waals surface area contributed by atoms with Gasteiger partial charge in [-0.25, -0.2) is 4.98 Å². The van der Waals surface area contributed by atoms with Crippen LogP contribution in [-0.4, -0.2) is 21.9 Å². The summed E-state index contributed by atoms with van der Waals surface area (Å²) in [6.07, 6.45) is 1.49. The molecule has 0 radical (unpaired) electrons. The standard InChI is InChI=1S/C12H12N4O3S.ClH/c13-9(6-8-4-2-1-3-5-8)11(17)15-12-14-7-10(20-12)16(18)19;/h1-5,7,9H,6,13H2,(H,14,15,17);1H. The smallest absolute Gasteiger partial charge is 0.320 e. The molecular formula is C12H13ClN4O3S. The van der Waals surface area contributed by atoms with Crippen molar-refractivity contribution in [2.24, 2.45) is 5.73 Å². The van der Waals surface area contributed by atoms with E-state index >= 15 is 0 Å². The maximum Gasteiger partial charge on any atom is 0.345 e. The molecule has 1 aromatic carbocycles. The second-order valence-electron chi connectivity index (χ2n) is 4.05. The lowest BCUT2D eigenvalue weighted by Gasteiger charge is -2.10. The average molecular weight is 329 g/mol. The van der Waals surface area contributed by atoms with Crippen molar-refractivity contribution >= 4 is 39.8 Å². The zero-order chi connectivity index (χ0) is 14.5. The van der Waals surface area contributed by atoms with E-state index in [2.05, 4.69) is 10.3 Å². The second-order valence-corrected chi connectivity index (χ2v) is 5.06. The number of aromatic nitrogens is 1. The Labute approximate surface area is 130 Å². The highest BCUT2D eigenvalue weighted by Crippen LogP contribution is 2.24. The topological polar surface area (TPSA) is 111 Å². The average Bonchev–Trinajstić information content (AvgIpc) is 2.88. The van der Waals surface area contributed by atoms with Gasteiger partial charge >= 0.3 is 5.00 Å². The summed E-state index contributed by atoms with van der Waals surface area (Å²) in [7, 11) is 0. The van der Waals surface area contributed by atoms with Gasteiger partial charge in [0.1, 0.15) is 6.20 Å². The summed E-state index contributed by atoms with van der Waals surface area (Å²) in [5.41, 5.74) is 6.74. The first-order valence-corrected chi connectivity index (χ1v) is 6.58. The molecule has 0 aliphatic rings. The Hall–Kier alpha value is -2.03. The van der Waals surface area contributed by atoms with Crippen molar-refractivity contribution in [3.8, 4) is 0 Å². The lowest BCUT2D eigenvalue weighted by molar-refractivity contribution is -0.380. The number of nitrogens with zero attached hydrogens (tertiary/aromatic N) is 2. The number of amides is 1. The predicted octanol–water partition coefficient (Wildman–Crippen LogP) is 1.98. The van der Waals surface area contributed by atoms with Crippen molar-refractivity contribution in [1.82, 2.24) is 4.98 Å². The van der Waals surface area contributed by atoms with Crippen molar-refractivity contribution in [3.05, 3.63) is 52.2 Å². The van der Waals surface area contributed by atoms with Gasteiger partial charge in [0.25, 0.3) is 0 Å². The second kappa shape index (κ2) is 7.67. The molecule has 2 aromatic rings. The van der Waals surface area contributed by atoms with Crippen LogP contribution in [0.5, 0.6) is 0 Å². The highest BCUT2D eigenvalue weighted by Gasteiger charge is 2.18. The van der Waals surface area contributed by atoms with Crippen LogP contribution in [0, 0.1) is 10.1 Å². The third kappa shape index (κ3) is 4.78. The van der Waals surface area contributed by atoms with E-state index in [0.717, 1.165) is 23.1 Å². The number of hydrogen-bond acceptors (Lipinski definition) is 6. The van der Waals surface area contributed by atoms with Crippen LogP contribution in [0.1, 0.15) is 5.56 Å². The summed E-state index contributed by atoms with van der Waals surface area (Å²) in [6, 6.07) is 8.63. The minimum absolute atomic E-state index is 0. The lowest BCUT2D eigenvalue weighted by Crippen LogP contribution is -2.37. The van der Waals surface area contributed by atoms with E-state index in [0.29, 0.717) is 6.42 Å². The molecule has 112 valence electrons. The van der Waals surface area contributed by atoms with Crippen LogP contribution in [0.25, 0.3) is 0 Å². The fraction of sp³-hybridized carbons (Fsp3) is 0.167. The van der Waals surface area contributed by atoms with Gasteiger partial charge in [0, 0.05) is 0 Å². The van der Waals surface area contributed by atoms with Crippen molar-refractivity contribution in [2.75, 3.05) is 5.32 Å². The van der Waals surface area contributed by atoms with Gasteiger partial charge < -0.3 is 11.1 Å². The molecule has 0 bridgehead atoms. The molecule has 21 heavy (non-hydrogen) atoms. The number of benzene rings is 1. The first-order valence-electron chi connectivity index (χ1n) is 5.77. The number of nitrogens with two attached hydrogens (primary N) is 1. The van der Waals surface area contributed by atoms with Crippen LogP contribution >= 0.6 is 23.7 Å². The summed E-state index contributed by atoms with van der Waals surface area (Å²) >= 11 is 0.795. The van der Waals surface area contributed by atoms with Crippen molar-refractivity contribution in [2.45, 2.75) is 12.5 Å². The molecule has 7 nitrogen and oxygen atoms in total. The Morgan fingerprint density at radius 2 is 2.10 bits per heavy atom. The molecule has 0 aliphatic heterocycles. The van der Waals surface area contributed by atoms with Crippen LogP contribution in [0.15, 0.2) is 36.5 Å². The molecule has 9 heteroatoms. The number of anilines is 1. The van der Waals surface area contributed by atoms with Gasteiger partial charge in [-0.1, -0.05) is 30.3 Å². The van der Waals surface area contributed by atoms with E-state index in [9.17, 15) is 14.9 Å². The van der Waals surface area contributed by atoms with Gasteiger partial charge in [0.05, 0.1) is 11.0 Å². The highest BCUT2D eigenvalue weighted by atomic mass is 35.5. The molecule has 0 aliphatic carbocycles. The Kier molecular flexibility index (Phi) is 6.22. The Bertz CT molecular complexity index is 620. The fourth-order valence-corrected chi connectivity index (χ4v) is 2.20. The Morgan fingerprint density at radius 1 is 1.43 bits per heavy atom. The number of nitrogens with one attached hydrogen (secondary N) is 1. The molecule has 3 N–H and O–H groups in total. The Balaban J connectivity index is 0.00000220. The molecule has 0 saturated carbocycles. The molecule has 2 rings (SSSR count). The normalized spacial score (nSPS) is 11.3. The van der Waals surface area contributed by atoms with E-state index in [-0.39, 0.29) is 22.5 Å². The first-order chi connectivity index (χ1) is 9.56. The minimum Gasteiger partial charge on any atom is -0.320 e. The molecule has 1 unspecified atom stereocenters. The number of carbonyl (C=O) groups is 1. The van der Waals surface area contributed by atoms with Crippen molar-refractivity contribution in [1.29, 1.82) is 0 Å². The fourth-order valence-electron chi connectivity index (χ4n) is 1.57. The van der Waals surface area contributed by atoms with Crippen molar-refractivity contribution in [3.63, 3.8) is 0 Å². The van der Waals surface area contributed by atoms with E-state index < -0.39 is 16.9 Å². The largest absolute Gasteiger partial charge is 0.345 e. The van der Waals surface area contributed by atoms with Gasteiger partial charge in [0.15, 0.2) is 5.13 Å². The summed E-state index contributed by atoms with van der Waals surface area (Å²) in [5, 5.41) is 13.0. The third-order valence-electron chi connectivity index (χ3n) is 2.54. The SMILES string of the molecule is Cl.NC(Cc1ccccc1)C(=O)Nc1ncc([N+](=O)[O-])s1. The summed E-state index contributed by atoms with van der Waals surface area (Å²) in [5.74, 6) is -0.418. The van der Waals surface area contributed by atoms with Crippen LogP contribution in [0.3, 0.4) is 0 Å². The third-order valence-corrected chi connectivity index (χ3v) is 3.40. The van der Waals surface area contributed by atoms with Gasteiger partial charge in [-0.15, -0.1) is 12.4 Å². The van der Waals surface area contributed by atoms with Crippen LogP contribution in [0.2, 0.25) is 0 Å². The summed E-state index contributed by atoms with van der Waals surface area (Å²) in [4.78, 5) is 25.6. The zero-order valence-electron chi connectivity index (χ0n) is 10.8. The molecule has 1 aromatic heterocycles. The van der Waals surface area contributed by atoms with E-state index in [1.807, 2.05) is 30.3 Å². The van der Waals surface area contributed by atoms with Crippen LogP contribution in [0.4, 0.5) is 10.1 Å². The van der Waals surface area contributed by atoms with Gasteiger partial charge in [-0.05, 0) is 23.3 Å². The number of hydrogen-bond donors (Lipinski definition) is 2. The number of carbonyl (C=O) groups excluding carboxylic acids is 1. The highest BCUT2D eigenvalue weighted by molar-refractivity contribution is 7.18. The molecule has 1 atom stereocenters. The van der Waals surface area contributed by atoms with E-state index in [4.69, 9.17) is 5.73 Å². The number of thiazole rings is 1. The zero-order valence-corrected chi connectivity index (χ0v) is 12.4. The van der Waals surface area contributed by atoms with Crippen LogP contribution < -0.4 is 11.1 Å². The summed E-state index contributed by atoms with van der Waals surface area (Å²) < 4.78 is 0. The monoisotopic (exact) mass is 328 g/mol. The van der Waals surface area contributed by atoms with Crippen LogP contribution in [-0.2, 0) is 11.2 Å². The maximum absolute atomic E-state index is 11.9. The summed E-state index contributed by atoms with van der Waals surface area (Å²) in [6.45, 7) is 0. The quantitative estimate of drug-likeness (QED) is 0.644. The number of halogens is 1. The maximum atomic E-state index is 11.9. The Morgan fingerprint density at radius 3 is 2.67 bits per heavy atom.